The van der Waals surface area contributed by atoms with Crippen LogP contribution in [-0.4, -0.2) is 12.7 Å². The summed E-state index contributed by atoms with van der Waals surface area (Å²) in [5.74, 6) is 4.65. The lowest BCUT2D eigenvalue weighted by molar-refractivity contribution is -0.235. The third kappa shape index (κ3) is 2.25. The second-order valence-electron chi connectivity index (χ2n) is 14.7. The van der Waals surface area contributed by atoms with E-state index in [2.05, 4.69) is 41.5 Å². The SMILES string of the molecule is C[C@@H]1CCC[C@@]2(C)C1CC[C@]1(C)[C@@H]2CC[C@@H]2[C@H]3C4OC[C@@]3(CCC4(C)C)CC[C@]21C. The van der Waals surface area contributed by atoms with Gasteiger partial charge in [0.25, 0.3) is 0 Å². The molecule has 30 heavy (non-hydrogen) atoms. The monoisotopic (exact) mass is 412 g/mol. The van der Waals surface area contributed by atoms with Gasteiger partial charge in [-0.25, -0.2) is 0 Å². The Labute approximate surface area is 186 Å². The topological polar surface area (TPSA) is 9.23 Å². The molecule has 2 unspecified atom stereocenters. The predicted octanol–water partition coefficient (Wildman–Crippen LogP) is 7.88. The maximum atomic E-state index is 6.71. The van der Waals surface area contributed by atoms with Crippen LogP contribution in [0.1, 0.15) is 112 Å². The van der Waals surface area contributed by atoms with Crippen LogP contribution >= 0.6 is 0 Å². The van der Waals surface area contributed by atoms with Gasteiger partial charge in [0.1, 0.15) is 0 Å². The van der Waals surface area contributed by atoms with E-state index in [1.165, 1.54) is 70.6 Å². The second kappa shape index (κ2) is 6.09. The zero-order valence-electron chi connectivity index (χ0n) is 20.9. The van der Waals surface area contributed by atoms with Crippen LogP contribution in [0.3, 0.4) is 0 Å². The minimum atomic E-state index is 0.378. The normalized spacial score (nSPS) is 61.4. The molecule has 1 heteroatoms. The summed E-state index contributed by atoms with van der Waals surface area (Å²) in [5.41, 5.74) is 2.59. The molecule has 5 aliphatic carbocycles. The summed E-state index contributed by atoms with van der Waals surface area (Å²) in [5, 5.41) is 0. The Hall–Kier alpha value is -0.0400. The molecule has 1 saturated heterocycles. The molecule has 0 N–H and O–H groups in total. The summed E-state index contributed by atoms with van der Waals surface area (Å²) in [6.07, 6.45) is 16.8. The minimum Gasteiger partial charge on any atom is -0.377 e. The molecule has 170 valence electrons. The molecular weight excluding hydrogens is 364 g/mol. The molecule has 0 aromatic heterocycles. The lowest BCUT2D eigenvalue weighted by Crippen LogP contribution is -2.66. The maximum Gasteiger partial charge on any atom is 0.0663 e. The highest BCUT2D eigenvalue weighted by Gasteiger charge is 2.71. The first-order chi connectivity index (χ1) is 14.1. The van der Waals surface area contributed by atoms with E-state index in [4.69, 9.17) is 4.74 Å². The van der Waals surface area contributed by atoms with E-state index < -0.39 is 0 Å². The molecule has 1 heterocycles. The van der Waals surface area contributed by atoms with Crippen LogP contribution in [0.2, 0.25) is 0 Å². The van der Waals surface area contributed by atoms with E-state index in [0.29, 0.717) is 33.2 Å². The third-order valence-electron chi connectivity index (χ3n) is 13.5. The quantitative estimate of drug-likeness (QED) is 0.393. The van der Waals surface area contributed by atoms with Crippen molar-refractivity contribution in [1.82, 2.24) is 0 Å². The van der Waals surface area contributed by atoms with Crippen molar-refractivity contribution in [3.8, 4) is 0 Å². The Balaban J connectivity index is 1.40. The Kier molecular flexibility index (Phi) is 4.18. The van der Waals surface area contributed by atoms with Crippen molar-refractivity contribution in [2.75, 3.05) is 6.61 Å². The smallest absolute Gasteiger partial charge is 0.0663 e. The van der Waals surface area contributed by atoms with Crippen LogP contribution in [0.15, 0.2) is 0 Å². The molecule has 0 spiro atoms. The number of hydrogen-bond acceptors (Lipinski definition) is 1. The van der Waals surface area contributed by atoms with Gasteiger partial charge in [0.15, 0.2) is 0 Å². The average Bonchev–Trinajstić information content (AvgIpc) is 3.02. The molecule has 10 atom stereocenters. The predicted molar refractivity (Wildman–Crippen MR) is 124 cm³/mol. The second-order valence-corrected chi connectivity index (χ2v) is 14.7. The van der Waals surface area contributed by atoms with Crippen molar-refractivity contribution < 1.29 is 4.74 Å². The molecule has 6 aliphatic rings. The molecule has 0 amide bonds. The van der Waals surface area contributed by atoms with Crippen molar-refractivity contribution in [3.63, 3.8) is 0 Å². The fourth-order valence-electron chi connectivity index (χ4n) is 11.7. The molecule has 5 saturated carbocycles. The van der Waals surface area contributed by atoms with E-state index in [0.717, 1.165) is 36.2 Å². The molecule has 0 aromatic carbocycles. The van der Waals surface area contributed by atoms with Gasteiger partial charge in [-0.1, -0.05) is 54.4 Å². The van der Waals surface area contributed by atoms with Gasteiger partial charge < -0.3 is 4.74 Å². The minimum absolute atomic E-state index is 0.378. The van der Waals surface area contributed by atoms with E-state index in [1.54, 1.807) is 0 Å². The Bertz CT molecular complexity index is 726. The van der Waals surface area contributed by atoms with Crippen molar-refractivity contribution >= 4 is 0 Å². The van der Waals surface area contributed by atoms with E-state index in [1.807, 2.05) is 0 Å². The summed E-state index contributed by atoms with van der Waals surface area (Å²) in [7, 11) is 0. The molecule has 2 bridgehead atoms. The van der Waals surface area contributed by atoms with Gasteiger partial charge in [0, 0.05) is 0 Å². The Morgan fingerprint density at radius 3 is 2.27 bits per heavy atom. The van der Waals surface area contributed by atoms with Crippen molar-refractivity contribution in [2.24, 2.45) is 56.7 Å². The van der Waals surface area contributed by atoms with Gasteiger partial charge >= 0.3 is 0 Å². The molecule has 0 radical (unpaired) electrons. The van der Waals surface area contributed by atoms with Crippen LogP contribution < -0.4 is 0 Å². The molecule has 1 nitrogen and oxygen atoms in total. The standard InChI is InChI=1S/C29H48O/c1-19-8-7-12-26(4)20(19)11-13-28(6)22(26)10-9-21-23-24-25(2,3)14-16-29(23,18-30-24)17-15-27(21,28)5/h19-24H,7-18H2,1-6H3/t19-,20?,21-,22-,23+,24?,26+,27-,28-,29-/m1/s1. The van der Waals surface area contributed by atoms with Crippen LogP contribution in [-0.2, 0) is 4.74 Å². The Morgan fingerprint density at radius 2 is 1.47 bits per heavy atom. The summed E-state index contributed by atoms with van der Waals surface area (Å²) >= 11 is 0. The molecule has 6 fully saturated rings. The lowest BCUT2D eigenvalue weighted by Gasteiger charge is -2.72. The summed E-state index contributed by atoms with van der Waals surface area (Å²) in [4.78, 5) is 0. The highest BCUT2D eigenvalue weighted by molar-refractivity contribution is 5.20. The van der Waals surface area contributed by atoms with Gasteiger partial charge in [0.05, 0.1) is 12.7 Å². The number of hydrogen-bond donors (Lipinski definition) is 0. The first-order valence-electron chi connectivity index (χ1n) is 13.7. The van der Waals surface area contributed by atoms with Crippen LogP contribution in [0.5, 0.6) is 0 Å². The van der Waals surface area contributed by atoms with Crippen molar-refractivity contribution in [2.45, 2.75) is 118 Å². The first kappa shape index (κ1) is 20.6. The van der Waals surface area contributed by atoms with Gasteiger partial charge in [-0.15, -0.1) is 0 Å². The van der Waals surface area contributed by atoms with Gasteiger partial charge in [-0.05, 0) is 114 Å². The van der Waals surface area contributed by atoms with Crippen molar-refractivity contribution in [1.29, 1.82) is 0 Å². The van der Waals surface area contributed by atoms with Crippen LogP contribution in [0.25, 0.3) is 0 Å². The largest absolute Gasteiger partial charge is 0.377 e. The van der Waals surface area contributed by atoms with Gasteiger partial charge in [0.2, 0.25) is 0 Å². The zero-order valence-corrected chi connectivity index (χ0v) is 20.9. The number of ether oxygens (including phenoxy) is 1. The van der Waals surface area contributed by atoms with E-state index in [9.17, 15) is 0 Å². The fraction of sp³-hybridized carbons (Fsp3) is 1.00. The van der Waals surface area contributed by atoms with Gasteiger partial charge in [-0.2, -0.15) is 0 Å². The van der Waals surface area contributed by atoms with Crippen molar-refractivity contribution in [3.05, 3.63) is 0 Å². The highest BCUT2D eigenvalue weighted by atomic mass is 16.5. The number of fused-ring (bicyclic) bond motifs is 5. The molecule has 0 aromatic rings. The fourth-order valence-corrected chi connectivity index (χ4v) is 11.7. The third-order valence-corrected chi connectivity index (χ3v) is 13.5. The summed E-state index contributed by atoms with van der Waals surface area (Å²) in [6, 6.07) is 0. The molecular formula is C29H48O. The lowest BCUT2D eigenvalue weighted by atomic mass is 9.32. The zero-order chi connectivity index (χ0) is 21.2. The van der Waals surface area contributed by atoms with E-state index in [-0.39, 0.29) is 0 Å². The summed E-state index contributed by atoms with van der Waals surface area (Å²) in [6.45, 7) is 17.0. The van der Waals surface area contributed by atoms with Crippen LogP contribution in [0.4, 0.5) is 0 Å². The van der Waals surface area contributed by atoms with E-state index >= 15 is 0 Å². The Morgan fingerprint density at radius 1 is 0.700 bits per heavy atom. The molecule has 6 rings (SSSR count). The highest BCUT2D eigenvalue weighted by Crippen LogP contribution is 2.77. The molecule has 1 aliphatic heterocycles. The maximum absolute atomic E-state index is 6.71. The first-order valence-corrected chi connectivity index (χ1v) is 13.7. The van der Waals surface area contributed by atoms with Gasteiger partial charge in [-0.3, -0.25) is 0 Å². The summed E-state index contributed by atoms with van der Waals surface area (Å²) < 4.78 is 6.71. The average molecular weight is 413 g/mol. The van der Waals surface area contributed by atoms with Crippen LogP contribution in [0, 0.1) is 56.7 Å². The number of rotatable bonds is 0.